The molecule has 0 N–H and O–H groups in total. The van der Waals surface area contributed by atoms with Gasteiger partial charge >= 0.3 is 51.4 Å². The molecular weight excluding hydrogens is 127 g/mol. The molecule has 44 valence electrons. The van der Waals surface area contributed by atoms with E-state index in [-0.39, 0.29) is 51.4 Å². The fourth-order valence-corrected chi connectivity index (χ4v) is 0.426. The van der Waals surface area contributed by atoms with Crippen molar-refractivity contribution in [2.75, 3.05) is 0 Å². The van der Waals surface area contributed by atoms with Gasteiger partial charge in [-0.25, -0.2) is 0 Å². The van der Waals surface area contributed by atoms with Crippen LogP contribution < -0.4 is 0 Å². The molecule has 0 radical (unpaired) electrons. The Morgan fingerprint density at radius 1 is 1.50 bits per heavy atom. The fourth-order valence-electron chi connectivity index (χ4n) is 0.426. The van der Waals surface area contributed by atoms with Crippen molar-refractivity contribution in [2.24, 2.45) is 0 Å². The predicted molar refractivity (Wildman–Crippen MR) is 37.4 cm³/mol. The molecule has 0 fully saturated rings. The van der Waals surface area contributed by atoms with Gasteiger partial charge in [0.2, 0.25) is 0 Å². The molecule has 0 saturated heterocycles. The van der Waals surface area contributed by atoms with Gasteiger partial charge in [-0.2, -0.15) is 0 Å². The van der Waals surface area contributed by atoms with Crippen LogP contribution in [0.15, 0.2) is 0 Å². The number of unbranched alkanes of at least 4 members (excludes halogenated alkanes) is 1. The molecule has 0 aliphatic carbocycles. The molecule has 0 aromatic rings. The summed E-state index contributed by atoms with van der Waals surface area (Å²) in [4.78, 5) is 10.2. The molecule has 0 aliphatic heterocycles. The van der Waals surface area contributed by atoms with Gasteiger partial charge in [0.25, 0.3) is 0 Å². The van der Waals surface area contributed by atoms with E-state index < -0.39 is 0 Å². The molecule has 0 amide bonds. The number of carbonyl (C=O) groups excluding carboxylic acids is 1. The minimum atomic E-state index is 0. The minimum absolute atomic E-state index is 0. The quantitative estimate of drug-likeness (QED) is 0.537. The Kier molecular flexibility index (Phi) is 12.5. The topological polar surface area (TPSA) is 17.1 Å². The zero-order chi connectivity index (χ0) is 5.70. The summed E-state index contributed by atoms with van der Waals surface area (Å²) in [6.07, 6.45) is 2.94. The standard InChI is InChI=1S/C6H12O.K.H/c1-3-4-5-6(2)7;;/h3-5H2,1-2H3;;. The maximum atomic E-state index is 10.2. The molecule has 1 nitrogen and oxygen atoms in total. The van der Waals surface area contributed by atoms with Crippen LogP contribution >= 0.6 is 0 Å². The van der Waals surface area contributed by atoms with E-state index in [1.165, 1.54) is 0 Å². The zero-order valence-corrected chi connectivity index (χ0v) is 5.03. The van der Waals surface area contributed by atoms with Crippen molar-refractivity contribution < 1.29 is 4.79 Å². The average Bonchev–Trinajstić information content (AvgIpc) is 1.61. The molecule has 0 unspecified atom stereocenters. The van der Waals surface area contributed by atoms with Gasteiger partial charge in [0.05, 0.1) is 0 Å². The summed E-state index contributed by atoms with van der Waals surface area (Å²) in [5.74, 6) is 0.307. The summed E-state index contributed by atoms with van der Waals surface area (Å²) in [6, 6.07) is 0. The summed E-state index contributed by atoms with van der Waals surface area (Å²) in [6.45, 7) is 3.72. The van der Waals surface area contributed by atoms with Crippen LogP contribution in [-0.2, 0) is 4.79 Å². The van der Waals surface area contributed by atoms with E-state index in [0.29, 0.717) is 5.78 Å². The molecule has 0 heterocycles. The van der Waals surface area contributed by atoms with Gasteiger partial charge in [0.15, 0.2) is 0 Å². The number of ketones is 1. The van der Waals surface area contributed by atoms with E-state index in [0.717, 1.165) is 19.3 Å². The molecule has 0 spiro atoms. The van der Waals surface area contributed by atoms with Gasteiger partial charge in [-0.15, -0.1) is 0 Å². The van der Waals surface area contributed by atoms with Gasteiger partial charge in [-0.1, -0.05) is 13.3 Å². The zero-order valence-electron chi connectivity index (χ0n) is 5.03. The van der Waals surface area contributed by atoms with E-state index in [9.17, 15) is 4.79 Å². The fraction of sp³-hybridized carbons (Fsp3) is 0.833. The first-order chi connectivity index (χ1) is 3.27. The molecule has 0 aromatic carbocycles. The summed E-state index contributed by atoms with van der Waals surface area (Å²) in [7, 11) is 0. The molecule has 0 rings (SSSR count). The number of hydrogen-bond acceptors (Lipinski definition) is 1. The van der Waals surface area contributed by atoms with E-state index in [2.05, 4.69) is 6.92 Å². The van der Waals surface area contributed by atoms with E-state index >= 15 is 0 Å². The molecule has 0 saturated carbocycles. The van der Waals surface area contributed by atoms with Gasteiger partial charge in [0.1, 0.15) is 5.78 Å². The van der Waals surface area contributed by atoms with Gasteiger partial charge in [-0.05, 0) is 13.3 Å². The predicted octanol–water partition coefficient (Wildman–Crippen LogP) is 1.12. The van der Waals surface area contributed by atoms with Gasteiger partial charge < -0.3 is 4.79 Å². The van der Waals surface area contributed by atoms with Crippen LogP contribution in [0.5, 0.6) is 0 Å². The Bertz CT molecular complexity index is 61.5. The number of carbonyl (C=O) groups is 1. The Labute approximate surface area is 93.6 Å². The van der Waals surface area contributed by atoms with Crippen LogP contribution in [0.25, 0.3) is 0 Å². The normalized spacial score (nSPS) is 7.75. The second-order valence-electron chi connectivity index (χ2n) is 1.81. The second-order valence-corrected chi connectivity index (χ2v) is 1.81. The van der Waals surface area contributed by atoms with Crippen LogP contribution in [0.3, 0.4) is 0 Å². The van der Waals surface area contributed by atoms with E-state index in [1.807, 2.05) is 0 Å². The summed E-state index contributed by atoms with van der Waals surface area (Å²) in [5.41, 5.74) is 0. The molecule has 0 aromatic heterocycles. The van der Waals surface area contributed by atoms with Crippen molar-refractivity contribution in [3.8, 4) is 0 Å². The molecular formula is C6H13KO. The maximum absolute atomic E-state index is 10.2. The third-order valence-electron chi connectivity index (χ3n) is 0.882. The SMILES string of the molecule is CCCCC(C)=O.[KH]. The Balaban J connectivity index is 0. The van der Waals surface area contributed by atoms with Crippen molar-refractivity contribution in [3.63, 3.8) is 0 Å². The van der Waals surface area contributed by atoms with Crippen LogP contribution in [0, 0.1) is 0 Å². The monoisotopic (exact) mass is 140 g/mol. The molecule has 0 atom stereocenters. The van der Waals surface area contributed by atoms with Crippen LogP contribution in [0.1, 0.15) is 33.1 Å². The molecule has 8 heavy (non-hydrogen) atoms. The van der Waals surface area contributed by atoms with Crippen molar-refractivity contribution >= 4 is 57.2 Å². The first-order valence-electron chi connectivity index (χ1n) is 2.76. The van der Waals surface area contributed by atoms with Crippen molar-refractivity contribution in [1.82, 2.24) is 0 Å². The number of hydrogen-bond donors (Lipinski definition) is 0. The second kappa shape index (κ2) is 8.31. The third-order valence-corrected chi connectivity index (χ3v) is 0.882. The molecule has 2 heteroatoms. The Morgan fingerprint density at radius 2 is 2.00 bits per heavy atom. The van der Waals surface area contributed by atoms with Crippen molar-refractivity contribution in [2.45, 2.75) is 33.1 Å². The van der Waals surface area contributed by atoms with Gasteiger partial charge in [0, 0.05) is 6.42 Å². The summed E-state index contributed by atoms with van der Waals surface area (Å²) < 4.78 is 0. The van der Waals surface area contributed by atoms with Crippen LogP contribution in [-0.4, -0.2) is 57.2 Å². The number of Topliss-reactive ketones (excluding diaryl/α,β-unsaturated/α-hetero) is 1. The summed E-state index contributed by atoms with van der Waals surface area (Å²) in [5, 5.41) is 0. The van der Waals surface area contributed by atoms with Crippen molar-refractivity contribution in [1.29, 1.82) is 0 Å². The van der Waals surface area contributed by atoms with E-state index in [4.69, 9.17) is 0 Å². The summed E-state index contributed by atoms with van der Waals surface area (Å²) >= 11 is 0. The first kappa shape index (κ1) is 12.0. The number of rotatable bonds is 3. The van der Waals surface area contributed by atoms with Crippen molar-refractivity contribution in [3.05, 3.63) is 0 Å². The average molecular weight is 140 g/mol. The Morgan fingerprint density at radius 3 is 2.12 bits per heavy atom. The molecule has 0 aliphatic rings. The van der Waals surface area contributed by atoms with E-state index in [1.54, 1.807) is 6.92 Å². The third kappa shape index (κ3) is 10.3. The Hall–Kier alpha value is 1.31. The first-order valence-corrected chi connectivity index (χ1v) is 2.76. The van der Waals surface area contributed by atoms with Gasteiger partial charge in [-0.3, -0.25) is 0 Å². The van der Waals surface area contributed by atoms with Crippen LogP contribution in [0.2, 0.25) is 0 Å². The van der Waals surface area contributed by atoms with Crippen LogP contribution in [0.4, 0.5) is 0 Å². The molecule has 0 bridgehead atoms.